The van der Waals surface area contributed by atoms with E-state index in [2.05, 4.69) is 16.7 Å². The predicted octanol–water partition coefficient (Wildman–Crippen LogP) is 3.52. The lowest BCUT2D eigenvalue weighted by molar-refractivity contribution is -0.138. The van der Waals surface area contributed by atoms with Crippen molar-refractivity contribution in [3.8, 4) is 5.75 Å². The number of phenols is 1. The van der Waals surface area contributed by atoms with Gasteiger partial charge < -0.3 is 10.0 Å². The van der Waals surface area contributed by atoms with Crippen LogP contribution >= 0.6 is 11.6 Å². The van der Waals surface area contributed by atoms with Gasteiger partial charge in [-0.15, -0.1) is 0 Å². The minimum Gasteiger partial charge on any atom is -0.508 e. The van der Waals surface area contributed by atoms with Crippen LogP contribution in [0.4, 0.5) is 0 Å². The quantitative estimate of drug-likeness (QED) is 0.907. The van der Waals surface area contributed by atoms with E-state index in [-0.39, 0.29) is 5.92 Å². The van der Waals surface area contributed by atoms with Crippen molar-refractivity contribution >= 4 is 17.5 Å². The van der Waals surface area contributed by atoms with E-state index in [4.69, 9.17) is 11.6 Å². The number of carbonyl (C=O) groups is 1. The molecule has 1 amide bonds. The number of amides is 1. The summed E-state index contributed by atoms with van der Waals surface area (Å²) in [7, 11) is 0. The van der Waals surface area contributed by atoms with Gasteiger partial charge in [-0.1, -0.05) is 18.5 Å². The summed E-state index contributed by atoms with van der Waals surface area (Å²) >= 11 is 6.02. The maximum atomic E-state index is 12.7. The van der Waals surface area contributed by atoms with Crippen LogP contribution in [-0.4, -0.2) is 47.0 Å². The Labute approximate surface area is 149 Å². The molecule has 24 heavy (non-hydrogen) atoms. The molecule has 0 aromatic heterocycles. The number of hydrogen-bond acceptors (Lipinski definition) is 3. The van der Waals surface area contributed by atoms with Gasteiger partial charge in [0, 0.05) is 36.1 Å². The lowest BCUT2D eigenvalue weighted by Crippen LogP contribution is -2.45. The number of piperidine rings is 2. The molecular weight excluding hydrogens is 324 g/mol. The molecule has 2 heterocycles. The Morgan fingerprint density at radius 1 is 1.17 bits per heavy atom. The van der Waals surface area contributed by atoms with Crippen molar-refractivity contribution < 1.29 is 9.90 Å². The van der Waals surface area contributed by atoms with Crippen molar-refractivity contribution in [2.75, 3.05) is 26.2 Å². The molecule has 0 unspecified atom stereocenters. The molecule has 2 saturated heterocycles. The summed E-state index contributed by atoms with van der Waals surface area (Å²) in [5.74, 6) is 1.57. The smallest absolute Gasteiger partial charge is 0.225 e. The fraction of sp³-hybridized carbons (Fsp3) is 0.632. The number of halogens is 1. The first-order valence-electron chi connectivity index (χ1n) is 9.01. The van der Waals surface area contributed by atoms with Crippen LogP contribution in [0.1, 0.15) is 38.2 Å². The highest BCUT2D eigenvalue weighted by atomic mass is 35.5. The second-order valence-corrected chi connectivity index (χ2v) is 7.77. The standard InChI is InChI=1S/C19H27ClN2O2/c1-14-4-10-22(11-5-14)19(24)15-6-8-21(9-7-15)13-16-12-17(20)2-3-18(16)23/h2-3,12,14-15,23H,4-11,13H2,1H3. The zero-order valence-electron chi connectivity index (χ0n) is 14.4. The van der Waals surface area contributed by atoms with Crippen LogP contribution < -0.4 is 0 Å². The fourth-order valence-corrected chi connectivity index (χ4v) is 3.94. The number of rotatable bonds is 3. The van der Waals surface area contributed by atoms with E-state index in [0.717, 1.165) is 63.3 Å². The summed E-state index contributed by atoms with van der Waals surface area (Å²) in [6.07, 6.45) is 4.09. The molecule has 1 aromatic rings. The van der Waals surface area contributed by atoms with Gasteiger partial charge in [-0.05, 0) is 62.9 Å². The highest BCUT2D eigenvalue weighted by molar-refractivity contribution is 6.30. The molecule has 2 aliphatic rings. The highest BCUT2D eigenvalue weighted by Crippen LogP contribution is 2.27. The molecule has 132 valence electrons. The van der Waals surface area contributed by atoms with Crippen molar-refractivity contribution in [2.24, 2.45) is 11.8 Å². The number of phenolic OH excluding ortho intramolecular Hbond substituents is 1. The highest BCUT2D eigenvalue weighted by Gasteiger charge is 2.30. The lowest BCUT2D eigenvalue weighted by atomic mass is 9.92. The van der Waals surface area contributed by atoms with E-state index in [0.29, 0.717) is 23.2 Å². The van der Waals surface area contributed by atoms with Crippen molar-refractivity contribution in [3.05, 3.63) is 28.8 Å². The average Bonchev–Trinajstić information content (AvgIpc) is 2.59. The van der Waals surface area contributed by atoms with Crippen LogP contribution in [0.2, 0.25) is 5.02 Å². The molecular formula is C19H27ClN2O2. The monoisotopic (exact) mass is 350 g/mol. The van der Waals surface area contributed by atoms with Gasteiger partial charge in [0.2, 0.25) is 5.91 Å². The molecule has 5 heteroatoms. The molecule has 0 radical (unpaired) electrons. The minimum atomic E-state index is 0.169. The molecule has 2 fully saturated rings. The average molecular weight is 351 g/mol. The lowest BCUT2D eigenvalue weighted by Gasteiger charge is -2.36. The van der Waals surface area contributed by atoms with Gasteiger partial charge >= 0.3 is 0 Å². The van der Waals surface area contributed by atoms with Gasteiger partial charge in [0.25, 0.3) is 0 Å². The number of nitrogens with zero attached hydrogens (tertiary/aromatic N) is 2. The third kappa shape index (κ3) is 4.22. The van der Waals surface area contributed by atoms with Gasteiger partial charge in [-0.25, -0.2) is 0 Å². The van der Waals surface area contributed by atoms with Crippen molar-refractivity contribution in [2.45, 2.75) is 39.2 Å². The first-order chi connectivity index (χ1) is 11.5. The molecule has 4 nitrogen and oxygen atoms in total. The van der Waals surface area contributed by atoms with E-state index in [1.807, 2.05) is 6.07 Å². The van der Waals surface area contributed by atoms with Gasteiger partial charge in [0.15, 0.2) is 0 Å². The molecule has 3 rings (SSSR count). The maximum Gasteiger partial charge on any atom is 0.225 e. The normalized spacial score (nSPS) is 21.2. The largest absolute Gasteiger partial charge is 0.508 e. The van der Waals surface area contributed by atoms with Crippen LogP contribution in [0.25, 0.3) is 0 Å². The van der Waals surface area contributed by atoms with Gasteiger partial charge in [0.05, 0.1) is 0 Å². The van der Waals surface area contributed by atoms with Crippen LogP contribution in [0.15, 0.2) is 18.2 Å². The topological polar surface area (TPSA) is 43.8 Å². The Bertz CT molecular complexity index is 577. The van der Waals surface area contributed by atoms with E-state index in [1.54, 1.807) is 12.1 Å². The molecule has 0 spiro atoms. The number of hydrogen-bond donors (Lipinski definition) is 1. The number of benzene rings is 1. The summed E-state index contributed by atoms with van der Waals surface area (Å²) in [6.45, 7) is 6.60. The van der Waals surface area contributed by atoms with Crippen molar-refractivity contribution in [3.63, 3.8) is 0 Å². The molecule has 1 aromatic carbocycles. The number of carbonyl (C=O) groups excluding carboxylic acids is 1. The van der Waals surface area contributed by atoms with Crippen molar-refractivity contribution in [1.82, 2.24) is 9.80 Å². The minimum absolute atomic E-state index is 0.169. The molecule has 0 atom stereocenters. The summed E-state index contributed by atoms with van der Waals surface area (Å²) in [5.41, 5.74) is 0.859. The number of likely N-dealkylation sites (tertiary alicyclic amines) is 2. The van der Waals surface area contributed by atoms with E-state index in [9.17, 15) is 9.90 Å². The first-order valence-corrected chi connectivity index (χ1v) is 9.39. The molecule has 1 N–H and O–H groups in total. The van der Waals surface area contributed by atoms with E-state index >= 15 is 0 Å². The third-order valence-corrected chi connectivity index (χ3v) is 5.70. The number of aromatic hydroxyl groups is 1. The van der Waals surface area contributed by atoms with Crippen LogP contribution in [0, 0.1) is 11.8 Å². The van der Waals surface area contributed by atoms with Gasteiger partial charge in [0.1, 0.15) is 5.75 Å². The van der Waals surface area contributed by atoms with Gasteiger partial charge in [-0.3, -0.25) is 9.69 Å². The molecule has 0 saturated carbocycles. The van der Waals surface area contributed by atoms with Gasteiger partial charge in [-0.2, -0.15) is 0 Å². The Morgan fingerprint density at radius 2 is 1.83 bits per heavy atom. The predicted molar refractivity (Wildman–Crippen MR) is 96.1 cm³/mol. The second-order valence-electron chi connectivity index (χ2n) is 7.33. The van der Waals surface area contributed by atoms with Crippen LogP contribution in [0.5, 0.6) is 5.75 Å². The van der Waals surface area contributed by atoms with E-state index < -0.39 is 0 Å². The molecule has 0 aliphatic carbocycles. The molecule has 0 bridgehead atoms. The van der Waals surface area contributed by atoms with Crippen molar-refractivity contribution in [1.29, 1.82) is 0 Å². The summed E-state index contributed by atoms with van der Waals surface area (Å²) in [6, 6.07) is 5.17. The summed E-state index contributed by atoms with van der Waals surface area (Å²) in [5, 5.41) is 10.6. The second kappa shape index (κ2) is 7.75. The Balaban J connectivity index is 1.50. The first kappa shape index (κ1) is 17.6. The van der Waals surface area contributed by atoms with E-state index in [1.165, 1.54) is 0 Å². The third-order valence-electron chi connectivity index (χ3n) is 5.47. The Kier molecular flexibility index (Phi) is 5.67. The summed E-state index contributed by atoms with van der Waals surface area (Å²) in [4.78, 5) is 17.0. The SMILES string of the molecule is CC1CCN(C(=O)C2CCN(Cc3cc(Cl)ccc3O)CC2)CC1. The van der Waals surface area contributed by atoms with Crippen LogP contribution in [-0.2, 0) is 11.3 Å². The summed E-state index contributed by atoms with van der Waals surface area (Å²) < 4.78 is 0. The van der Waals surface area contributed by atoms with Crippen LogP contribution in [0.3, 0.4) is 0 Å². The zero-order valence-corrected chi connectivity index (χ0v) is 15.1. The maximum absolute atomic E-state index is 12.7. The molecule has 2 aliphatic heterocycles. The fourth-order valence-electron chi connectivity index (χ4n) is 3.75. The Hall–Kier alpha value is -1.26. The zero-order chi connectivity index (χ0) is 17.1. The Morgan fingerprint density at radius 3 is 2.50 bits per heavy atom.